The van der Waals surface area contributed by atoms with E-state index < -0.39 is 0 Å². The SMILES string of the molecule is CCCC1CCC(C)(C(C)C)C(C(C)P)CC1CC. The Morgan fingerprint density at radius 1 is 1.16 bits per heavy atom. The van der Waals surface area contributed by atoms with Crippen LogP contribution in [0.5, 0.6) is 0 Å². The molecule has 0 spiro atoms. The van der Waals surface area contributed by atoms with Crippen molar-refractivity contribution >= 4 is 9.24 Å². The minimum Gasteiger partial charge on any atom is -0.134 e. The maximum absolute atomic E-state index is 3.11. The Kier molecular flexibility index (Phi) is 6.85. The maximum atomic E-state index is 3.11. The lowest BCUT2D eigenvalue weighted by Gasteiger charge is -2.43. The fourth-order valence-electron chi connectivity index (χ4n) is 4.49. The minimum atomic E-state index is 0.539. The zero-order valence-electron chi connectivity index (χ0n) is 14.2. The number of rotatable bonds is 5. The van der Waals surface area contributed by atoms with Gasteiger partial charge in [-0.1, -0.05) is 60.8 Å². The Hall–Kier alpha value is 0.430. The molecule has 0 N–H and O–H groups in total. The van der Waals surface area contributed by atoms with Gasteiger partial charge in [-0.05, 0) is 54.0 Å². The molecule has 0 aromatic carbocycles. The van der Waals surface area contributed by atoms with Crippen molar-refractivity contribution in [2.45, 2.75) is 85.7 Å². The first-order valence-corrected chi connectivity index (χ1v) is 9.29. The van der Waals surface area contributed by atoms with Gasteiger partial charge in [0.1, 0.15) is 0 Å². The van der Waals surface area contributed by atoms with E-state index in [1.807, 2.05) is 0 Å². The van der Waals surface area contributed by atoms with Gasteiger partial charge in [-0.3, -0.25) is 0 Å². The van der Waals surface area contributed by atoms with Gasteiger partial charge in [0.2, 0.25) is 0 Å². The summed E-state index contributed by atoms with van der Waals surface area (Å²) in [5.74, 6) is 3.64. The van der Waals surface area contributed by atoms with E-state index in [0.29, 0.717) is 5.41 Å². The molecule has 1 aliphatic rings. The van der Waals surface area contributed by atoms with Gasteiger partial charge >= 0.3 is 0 Å². The summed E-state index contributed by atoms with van der Waals surface area (Å²) < 4.78 is 0. The van der Waals surface area contributed by atoms with Gasteiger partial charge in [-0.2, -0.15) is 0 Å². The maximum Gasteiger partial charge on any atom is -0.0259 e. The van der Waals surface area contributed by atoms with E-state index >= 15 is 0 Å². The Morgan fingerprint density at radius 3 is 2.21 bits per heavy atom. The third-order valence-electron chi connectivity index (χ3n) is 6.26. The second kappa shape index (κ2) is 7.44. The molecule has 19 heavy (non-hydrogen) atoms. The molecule has 0 saturated heterocycles. The van der Waals surface area contributed by atoms with Crippen LogP contribution in [0, 0.1) is 29.1 Å². The highest BCUT2D eigenvalue weighted by atomic mass is 31.0. The standard InChI is InChI=1S/C18H37P/c1-7-9-16-10-11-18(6,13(3)4)17(14(5)19)12-15(16)8-2/h13-17H,7-12,19H2,1-6H3. The zero-order valence-corrected chi connectivity index (χ0v) is 15.4. The molecule has 0 amide bonds. The van der Waals surface area contributed by atoms with E-state index in [1.165, 1.54) is 38.5 Å². The van der Waals surface area contributed by atoms with Crippen molar-refractivity contribution in [1.82, 2.24) is 0 Å². The molecule has 0 radical (unpaired) electrons. The highest BCUT2D eigenvalue weighted by Gasteiger charge is 2.43. The van der Waals surface area contributed by atoms with Crippen molar-refractivity contribution in [3.05, 3.63) is 0 Å². The molecule has 1 saturated carbocycles. The van der Waals surface area contributed by atoms with Crippen molar-refractivity contribution < 1.29 is 0 Å². The summed E-state index contributed by atoms with van der Waals surface area (Å²) in [5.41, 5.74) is 1.29. The summed E-state index contributed by atoms with van der Waals surface area (Å²) in [6.07, 6.45) is 8.56. The quantitative estimate of drug-likeness (QED) is 0.419. The average molecular weight is 284 g/mol. The van der Waals surface area contributed by atoms with Crippen LogP contribution in [0.3, 0.4) is 0 Å². The molecule has 6 atom stereocenters. The van der Waals surface area contributed by atoms with Crippen LogP contribution >= 0.6 is 9.24 Å². The summed E-state index contributed by atoms with van der Waals surface area (Å²) >= 11 is 0. The van der Waals surface area contributed by atoms with E-state index in [4.69, 9.17) is 0 Å². The van der Waals surface area contributed by atoms with Crippen molar-refractivity contribution in [2.75, 3.05) is 0 Å². The topological polar surface area (TPSA) is 0 Å². The molecule has 1 aliphatic carbocycles. The van der Waals surface area contributed by atoms with Crippen molar-refractivity contribution in [2.24, 2.45) is 29.1 Å². The monoisotopic (exact) mass is 284 g/mol. The molecule has 1 rings (SSSR count). The van der Waals surface area contributed by atoms with E-state index in [9.17, 15) is 0 Å². The van der Waals surface area contributed by atoms with Gasteiger partial charge in [0.25, 0.3) is 0 Å². The number of hydrogen-bond donors (Lipinski definition) is 0. The Labute approximate surface area is 124 Å². The lowest BCUT2D eigenvalue weighted by atomic mass is 9.65. The summed E-state index contributed by atoms with van der Waals surface area (Å²) in [6.45, 7) is 14.7. The first-order chi connectivity index (χ1) is 8.86. The molecule has 0 aromatic rings. The van der Waals surface area contributed by atoms with Gasteiger partial charge in [-0.25, -0.2) is 0 Å². The molecular weight excluding hydrogens is 247 g/mol. The number of hydrogen-bond acceptors (Lipinski definition) is 0. The van der Waals surface area contributed by atoms with Gasteiger partial charge in [0.15, 0.2) is 0 Å². The predicted octanol–water partition coefficient (Wildman–Crippen LogP) is 6.15. The van der Waals surface area contributed by atoms with Crippen molar-refractivity contribution in [3.8, 4) is 0 Å². The van der Waals surface area contributed by atoms with Crippen LogP contribution < -0.4 is 0 Å². The Bertz CT molecular complexity index is 258. The summed E-state index contributed by atoms with van der Waals surface area (Å²) in [7, 11) is 3.11. The summed E-state index contributed by atoms with van der Waals surface area (Å²) in [4.78, 5) is 0. The van der Waals surface area contributed by atoms with Crippen molar-refractivity contribution in [1.29, 1.82) is 0 Å². The van der Waals surface area contributed by atoms with E-state index in [2.05, 4.69) is 50.8 Å². The van der Waals surface area contributed by atoms with Crippen LogP contribution in [0.15, 0.2) is 0 Å². The molecule has 1 fully saturated rings. The Balaban J connectivity index is 2.98. The molecule has 6 unspecified atom stereocenters. The van der Waals surface area contributed by atoms with Gasteiger partial charge in [0.05, 0.1) is 0 Å². The van der Waals surface area contributed by atoms with E-state index in [-0.39, 0.29) is 0 Å². The third kappa shape index (κ3) is 3.96. The lowest BCUT2D eigenvalue weighted by Crippen LogP contribution is -2.36. The fraction of sp³-hybridized carbons (Fsp3) is 1.00. The fourth-order valence-corrected chi connectivity index (χ4v) is 5.08. The lowest BCUT2D eigenvalue weighted by molar-refractivity contribution is 0.0961. The molecule has 1 heteroatoms. The normalized spacial score (nSPS) is 38.2. The van der Waals surface area contributed by atoms with Crippen LogP contribution in [-0.4, -0.2) is 5.66 Å². The third-order valence-corrected chi connectivity index (χ3v) is 6.73. The summed E-state index contributed by atoms with van der Waals surface area (Å²) in [5, 5.41) is 0. The van der Waals surface area contributed by atoms with Crippen molar-refractivity contribution in [3.63, 3.8) is 0 Å². The van der Waals surface area contributed by atoms with Crippen LogP contribution in [0.1, 0.15) is 80.1 Å². The molecule has 0 aromatic heterocycles. The highest BCUT2D eigenvalue weighted by molar-refractivity contribution is 7.17. The second-order valence-corrected chi connectivity index (χ2v) is 8.67. The summed E-state index contributed by atoms with van der Waals surface area (Å²) in [6, 6.07) is 0. The first-order valence-electron chi connectivity index (χ1n) is 8.62. The molecule has 114 valence electrons. The molecular formula is C18H37P. The Morgan fingerprint density at radius 2 is 1.79 bits per heavy atom. The predicted molar refractivity (Wildman–Crippen MR) is 91.6 cm³/mol. The van der Waals surface area contributed by atoms with Crippen LogP contribution in [0.25, 0.3) is 0 Å². The van der Waals surface area contributed by atoms with E-state index in [1.54, 1.807) is 0 Å². The second-order valence-electron chi connectivity index (χ2n) is 7.62. The van der Waals surface area contributed by atoms with Gasteiger partial charge < -0.3 is 0 Å². The van der Waals surface area contributed by atoms with E-state index in [0.717, 1.165) is 29.3 Å². The average Bonchev–Trinajstić information content (AvgIpc) is 2.48. The first kappa shape index (κ1) is 17.5. The largest absolute Gasteiger partial charge is 0.134 e. The highest BCUT2D eigenvalue weighted by Crippen LogP contribution is 2.52. The minimum absolute atomic E-state index is 0.539. The van der Waals surface area contributed by atoms with Crippen LogP contribution in [0.2, 0.25) is 0 Å². The van der Waals surface area contributed by atoms with Gasteiger partial charge in [0, 0.05) is 0 Å². The van der Waals surface area contributed by atoms with Crippen LogP contribution in [0.4, 0.5) is 0 Å². The molecule has 0 bridgehead atoms. The smallest absolute Gasteiger partial charge is 0.0259 e. The van der Waals surface area contributed by atoms with Gasteiger partial charge in [-0.15, -0.1) is 9.24 Å². The van der Waals surface area contributed by atoms with Crippen LogP contribution in [-0.2, 0) is 0 Å². The molecule has 0 heterocycles. The molecule has 0 nitrogen and oxygen atoms in total. The molecule has 0 aliphatic heterocycles. The zero-order chi connectivity index (χ0) is 14.6.